The van der Waals surface area contributed by atoms with Gasteiger partial charge in [0, 0.05) is 71.8 Å². The first-order valence-electron chi connectivity index (χ1n) is 14.2. The number of rotatable bonds is 8. The van der Waals surface area contributed by atoms with Crippen LogP contribution in [0.15, 0.2) is 77.5 Å². The van der Waals surface area contributed by atoms with Gasteiger partial charge in [-0.25, -0.2) is 14.4 Å². The molecule has 6 rings (SSSR count). The molecule has 0 spiro atoms. The number of carbonyl (C=O) groups is 1. The highest BCUT2D eigenvalue weighted by atomic mass is 35.5. The van der Waals surface area contributed by atoms with E-state index in [0.717, 1.165) is 66.5 Å². The van der Waals surface area contributed by atoms with Gasteiger partial charge in [-0.3, -0.25) is 14.7 Å². The first-order chi connectivity index (χ1) is 20.5. The van der Waals surface area contributed by atoms with Crippen LogP contribution in [0.3, 0.4) is 0 Å². The Morgan fingerprint density at radius 1 is 1.12 bits per heavy atom. The third kappa shape index (κ3) is 6.59. The van der Waals surface area contributed by atoms with Gasteiger partial charge in [0.15, 0.2) is 0 Å². The Morgan fingerprint density at radius 2 is 1.95 bits per heavy atom. The topological polar surface area (TPSA) is 91.7 Å². The Bertz CT molecular complexity index is 1550. The van der Waals surface area contributed by atoms with Crippen molar-refractivity contribution >= 4 is 34.9 Å². The average molecular weight is 587 g/mol. The number of nitrogens with one attached hydrogen (secondary N) is 2. The van der Waals surface area contributed by atoms with E-state index in [1.54, 1.807) is 12.3 Å². The average Bonchev–Trinajstić information content (AvgIpc) is 3.15. The van der Waals surface area contributed by atoms with Gasteiger partial charge in [-0.2, -0.15) is 0 Å². The van der Waals surface area contributed by atoms with E-state index in [-0.39, 0.29) is 5.91 Å². The fourth-order valence-corrected chi connectivity index (χ4v) is 5.49. The Balaban J connectivity index is 1.14. The number of aliphatic imine (C=N–C) groups is 1. The molecule has 1 saturated heterocycles. The molecule has 2 N–H and O–H groups in total. The summed E-state index contributed by atoms with van der Waals surface area (Å²) in [5, 5.41) is 6.82. The van der Waals surface area contributed by atoms with E-state index >= 15 is 0 Å². The monoisotopic (exact) mass is 586 g/mol. The molecule has 3 aliphatic rings. The second kappa shape index (κ2) is 12.9. The molecule has 3 aromatic rings. The maximum absolute atomic E-state index is 14.9. The summed E-state index contributed by atoms with van der Waals surface area (Å²) in [4.78, 5) is 28.9. The van der Waals surface area contributed by atoms with Crippen LogP contribution in [-0.2, 0) is 22.5 Å². The van der Waals surface area contributed by atoms with Crippen molar-refractivity contribution in [2.75, 3.05) is 44.7 Å². The molecule has 8 nitrogen and oxygen atoms in total. The zero-order valence-corrected chi connectivity index (χ0v) is 23.9. The van der Waals surface area contributed by atoms with Gasteiger partial charge >= 0.3 is 0 Å². The summed E-state index contributed by atoms with van der Waals surface area (Å²) in [6.45, 7) is 5.09. The Morgan fingerprint density at radius 3 is 2.76 bits per heavy atom. The summed E-state index contributed by atoms with van der Waals surface area (Å²) in [5.41, 5.74) is 6.01. The van der Waals surface area contributed by atoms with Crippen molar-refractivity contribution in [3.05, 3.63) is 94.2 Å². The van der Waals surface area contributed by atoms with Gasteiger partial charge in [0.05, 0.1) is 37.6 Å². The molecular formula is C32H32ClFN6O2. The first kappa shape index (κ1) is 28.2. The van der Waals surface area contributed by atoms with Gasteiger partial charge in [-0.05, 0) is 29.8 Å². The number of hydrogen-bond donors (Lipinski definition) is 2. The zero-order chi connectivity index (χ0) is 28.9. The number of alkyl halides is 1. The third-order valence-corrected chi connectivity index (χ3v) is 7.79. The molecule has 0 radical (unpaired) electrons. The summed E-state index contributed by atoms with van der Waals surface area (Å²) < 4.78 is 20.3. The van der Waals surface area contributed by atoms with Crippen molar-refractivity contribution in [3.63, 3.8) is 0 Å². The van der Waals surface area contributed by atoms with Crippen LogP contribution in [-0.4, -0.2) is 72.1 Å². The number of morpholine rings is 1. The fourth-order valence-electron chi connectivity index (χ4n) is 5.32. The first-order valence-corrected chi connectivity index (χ1v) is 14.6. The quantitative estimate of drug-likeness (QED) is 0.383. The molecular weight excluding hydrogens is 555 g/mol. The van der Waals surface area contributed by atoms with Crippen LogP contribution < -0.4 is 10.6 Å². The van der Waals surface area contributed by atoms with E-state index in [1.165, 1.54) is 0 Å². The number of anilines is 2. The van der Waals surface area contributed by atoms with Crippen LogP contribution >= 0.6 is 11.6 Å². The molecule has 1 amide bonds. The van der Waals surface area contributed by atoms with Crippen molar-refractivity contribution < 1.29 is 13.9 Å². The smallest absolute Gasteiger partial charge is 0.227 e. The predicted octanol–water partition coefficient (Wildman–Crippen LogP) is 5.06. The lowest BCUT2D eigenvalue weighted by molar-refractivity contribution is -0.120. The molecule has 1 unspecified atom stereocenters. The number of carbonyl (C=O) groups excluding carboxylic acids is 1. The van der Waals surface area contributed by atoms with Gasteiger partial charge in [0.25, 0.3) is 0 Å². The molecule has 216 valence electrons. The molecule has 1 aromatic heterocycles. The van der Waals surface area contributed by atoms with Crippen LogP contribution in [0.4, 0.5) is 16.0 Å². The maximum Gasteiger partial charge on any atom is 0.227 e. The van der Waals surface area contributed by atoms with Gasteiger partial charge in [0.1, 0.15) is 6.17 Å². The fraction of sp³-hybridized carbons (Fsp3) is 0.312. The maximum atomic E-state index is 14.9. The number of halogens is 2. The van der Waals surface area contributed by atoms with E-state index in [2.05, 4.69) is 20.5 Å². The van der Waals surface area contributed by atoms with Gasteiger partial charge in [0.2, 0.25) is 11.9 Å². The summed E-state index contributed by atoms with van der Waals surface area (Å²) in [6, 6.07) is 13.2. The third-order valence-electron chi connectivity index (χ3n) is 7.56. The Labute approximate surface area is 249 Å². The summed E-state index contributed by atoms with van der Waals surface area (Å²) >= 11 is 6.38. The number of benzene rings is 2. The van der Waals surface area contributed by atoms with Crippen molar-refractivity contribution in [2.24, 2.45) is 4.99 Å². The normalized spacial score (nSPS) is 18.3. The Hall–Kier alpha value is -3.92. The second-order valence-corrected chi connectivity index (χ2v) is 10.9. The predicted molar refractivity (Wildman–Crippen MR) is 163 cm³/mol. The number of amides is 1. The lowest BCUT2D eigenvalue weighted by Crippen LogP contribution is -2.41. The Kier molecular flexibility index (Phi) is 8.69. The van der Waals surface area contributed by atoms with E-state index in [0.29, 0.717) is 48.2 Å². The van der Waals surface area contributed by atoms with Crippen molar-refractivity contribution in [3.8, 4) is 11.3 Å². The van der Waals surface area contributed by atoms with E-state index in [9.17, 15) is 9.18 Å². The lowest BCUT2D eigenvalue weighted by Gasteiger charge is -2.26. The van der Waals surface area contributed by atoms with E-state index < -0.39 is 6.17 Å². The second-order valence-electron chi connectivity index (χ2n) is 10.5. The largest absolute Gasteiger partial charge is 0.379 e. The van der Waals surface area contributed by atoms with Crippen molar-refractivity contribution in [1.82, 2.24) is 20.2 Å². The number of nitrogens with zero attached hydrogens (tertiary/aromatic N) is 4. The lowest BCUT2D eigenvalue weighted by atomic mass is 9.90. The SMILES string of the molecule is O=C(Cc1ccc(Nc2ncc3c(n2)-c2ccc(Cl)cc2C(C2=CC=CCC2F)=NC3)cc1)NCCN1CCOCC1. The highest BCUT2D eigenvalue weighted by molar-refractivity contribution is 6.31. The number of allylic oxidation sites excluding steroid dienone is 4. The minimum Gasteiger partial charge on any atom is -0.379 e. The van der Waals surface area contributed by atoms with Gasteiger partial charge in [-0.15, -0.1) is 0 Å². The van der Waals surface area contributed by atoms with Gasteiger partial charge in [-0.1, -0.05) is 48.0 Å². The molecule has 42 heavy (non-hydrogen) atoms. The van der Waals surface area contributed by atoms with Crippen LogP contribution in [0.2, 0.25) is 5.02 Å². The van der Waals surface area contributed by atoms with E-state index in [1.807, 2.05) is 54.6 Å². The minimum absolute atomic E-state index is 0.00231. The highest BCUT2D eigenvalue weighted by Gasteiger charge is 2.26. The minimum atomic E-state index is -1.13. The number of aromatic nitrogens is 2. The number of hydrogen-bond acceptors (Lipinski definition) is 7. The standard InChI is InChI=1S/C32H32ClFN6O2/c33-23-7-10-25-27(18-23)31(26-3-1-2-4-28(26)34)36-19-22-20-37-32(39-30(22)25)38-24-8-5-21(6-9-24)17-29(41)35-11-12-40-13-15-42-16-14-40/h1-3,5-10,18,20,28H,4,11-17,19H2,(H,35,41)(H,37,38,39). The summed E-state index contributed by atoms with van der Waals surface area (Å²) in [6.07, 6.45) is 6.72. The van der Waals surface area contributed by atoms with Gasteiger partial charge < -0.3 is 15.4 Å². The summed E-state index contributed by atoms with van der Waals surface area (Å²) in [7, 11) is 0. The molecule has 0 bridgehead atoms. The van der Waals surface area contributed by atoms with Crippen molar-refractivity contribution in [2.45, 2.75) is 25.6 Å². The molecule has 2 aromatic carbocycles. The molecule has 10 heteroatoms. The van der Waals surface area contributed by atoms with Crippen LogP contribution in [0, 0.1) is 0 Å². The van der Waals surface area contributed by atoms with Crippen LogP contribution in [0.25, 0.3) is 11.3 Å². The highest BCUT2D eigenvalue weighted by Crippen LogP contribution is 2.35. The van der Waals surface area contributed by atoms with Crippen LogP contribution in [0.5, 0.6) is 0 Å². The number of fused-ring (bicyclic) bond motifs is 3. The molecule has 3 heterocycles. The van der Waals surface area contributed by atoms with Crippen molar-refractivity contribution in [1.29, 1.82) is 0 Å². The number of ether oxygens (including phenoxy) is 1. The molecule has 1 atom stereocenters. The molecule has 0 saturated carbocycles. The summed E-state index contributed by atoms with van der Waals surface area (Å²) in [5.74, 6) is 0.424. The zero-order valence-electron chi connectivity index (χ0n) is 23.2. The molecule has 2 aliphatic heterocycles. The molecule has 1 aliphatic carbocycles. The van der Waals surface area contributed by atoms with Crippen LogP contribution in [0.1, 0.15) is 23.1 Å². The van der Waals surface area contributed by atoms with E-state index in [4.69, 9.17) is 26.3 Å². The molecule has 1 fully saturated rings.